The Balaban J connectivity index is 3.46. The summed E-state index contributed by atoms with van der Waals surface area (Å²) in [6, 6.07) is 0. The fourth-order valence-electron chi connectivity index (χ4n) is 1.09. The predicted molar refractivity (Wildman–Crippen MR) is 47.6 cm³/mol. The molecular weight excluding hydrogens is 136 g/mol. The molecule has 0 bridgehead atoms. The van der Waals surface area contributed by atoms with Crippen LogP contribution in [-0.4, -0.2) is 4.98 Å². The van der Waals surface area contributed by atoms with Gasteiger partial charge in [-0.2, -0.15) is 0 Å². The summed E-state index contributed by atoms with van der Waals surface area (Å²) < 4.78 is 0. The van der Waals surface area contributed by atoms with E-state index in [1.807, 2.05) is 13.8 Å². The maximum absolute atomic E-state index is 5.68. The number of aryl methyl sites for hydroxylation is 1. The molecule has 0 aliphatic carbocycles. The van der Waals surface area contributed by atoms with E-state index >= 15 is 0 Å². The van der Waals surface area contributed by atoms with Gasteiger partial charge in [-0.15, -0.1) is 0 Å². The molecule has 0 radical (unpaired) electrons. The molecule has 0 aliphatic rings. The Hall–Kier alpha value is -1.05. The number of hydrogen-bond donors (Lipinski definition) is 1. The van der Waals surface area contributed by atoms with Crippen LogP contribution < -0.4 is 5.73 Å². The number of pyridine rings is 1. The number of nitrogen functional groups attached to an aromatic ring is 1. The standard InChI is InChI=1S/C9H14N2/c1-5-6(2)8(4)11-9(10)7(5)3/h1-4H3,(H2,10,11). The smallest absolute Gasteiger partial charge is 0.126 e. The Labute approximate surface area is 67.5 Å². The highest BCUT2D eigenvalue weighted by molar-refractivity contribution is 5.48. The number of aromatic nitrogens is 1. The van der Waals surface area contributed by atoms with Gasteiger partial charge in [-0.1, -0.05) is 0 Å². The quantitative estimate of drug-likeness (QED) is 0.613. The number of hydrogen-bond acceptors (Lipinski definition) is 2. The Morgan fingerprint density at radius 3 is 2.00 bits per heavy atom. The SMILES string of the molecule is Cc1nc(N)c(C)c(C)c1C. The van der Waals surface area contributed by atoms with Crippen molar-refractivity contribution in [3.8, 4) is 0 Å². The second-order valence-electron chi connectivity index (χ2n) is 2.96. The number of rotatable bonds is 0. The van der Waals surface area contributed by atoms with Crippen LogP contribution in [0.1, 0.15) is 22.4 Å². The molecule has 0 fully saturated rings. The van der Waals surface area contributed by atoms with Gasteiger partial charge in [0.15, 0.2) is 0 Å². The number of anilines is 1. The van der Waals surface area contributed by atoms with Crippen molar-refractivity contribution in [1.82, 2.24) is 4.98 Å². The molecule has 2 heteroatoms. The molecule has 0 unspecified atom stereocenters. The first kappa shape index (κ1) is 8.05. The van der Waals surface area contributed by atoms with E-state index in [0.717, 1.165) is 11.3 Å². The van der Waals surface area contributed by atoms with Crippen LogP contribution in [0.2, 0.25) is 0 Å². The summed E-state index contributed by atoms with van der Waals surface area (Å²) in [4.78, 5) is 4.21. The first-order valence-electron chi connectivity index (χ1n) is 3.74. The largest absolute Gasteiger partial charge is 0.383 e. The van der Waals surface area contributed by atoms with E-state index in [1.165, 1.54) is 11.1 Å². The molecule has 11 heavy (non-hydrogen) atoms. The monoisotopic (exact) mass is 150 g/mol. The lowest BCUT2D eigenvalue weighted by atomic mass is 10.0. The first-order valence-corrected chi connectivity index (χ1v) is 3.74. The van der Waals surface area contributed by atoms with Crippen LogP contribution in [0, 0.1) is 27.7 Å². The van der Waals surface area contributed by atoms with Crippen molar-refractivity contribution in [2.75, 3.05) is 5.73 Å². The van der Waals surface area contributed by atoms with E-state index in [0.29, 0.717) is 5.82 Å². The Kier molecular flexibility index (Phi) is 1.85. The molecule has 0 atom stereocenters. The molecule has 0 spiro atoms. The third kappa shape index (κ3) is 1.20. The topological polar surface area (TPSA) is 38.9 Å². The summed E-state index contributed by atoms with van der Waals surface area (Å²) in [6.45, 7) is 8.14. The summed E-state index contributed by atoms with van der Waals surface area (Å²) in [5, 5.41) is 0. The highest BCUT2D eigenvalue weighted by Crippen LogP contribution is 2.18. The van der Waals surface area contributed by atoms with Crippen LogP contribution in [0.4, 0.5) is 5.82 Å². The Morgan fingerprint density at radius 2 is 1.45 bits per heavy atom. The molecule has 2 nitrogen and oxygen atoms in total. The molecule has 0 aromatic carbocycles. The van der Waals surface area contributed by atoms with Crippen molar-refractivity contribution in [2.45, 2.75) is 27.7 Å². The average molecular weight is 150 g/mol. The van der Waals surface area contributed by atoms with Crippen LogP contribution in [0.5, 0.6) is 0 Å². The molecule has 0 amide bonds. The highest BCUT2D eigenvalue weighted by atomic mass is 14.8. The number of nitrogens with zero attached hydrogens (tertiary/aromatic N) is 1. The average Bonchev–Trinajstić information content (AvgIpc) is 1.97. The molecule has 1 heterocycles. The minimum absolute atomic E-state index is 0.658. The fraction of sp³-hybridized carbons (Fsp3) is 0.444. The molecule has 60 valence electrons. The minimum Gasteiger partial charge on any atom is -0.383 e. The molecule has 2 N–H and O–H groups in total. The van der Waals surface area contributed by atoms with E-state index in [9.17, 15) is 0 Å². The van der Waals surface area contributed by atoms with Crippen molar-refractivity contribution < 1.29 is 0 Å². The third-order valence-corrected chi connectivity index (χ3v) is 2.34. The van der Waals surface area contributed by atoms with Gasteiger partial charge in [0.2, 0.25) is 0 Å². The summed E-state index contributed by atoms with van der Waals surface area (Å²) in [5.41, 5.74) is 10.3. The normalized spacial score (nSPS) is 10.2. The molecule has 1 aromatic heterocycles. The zero-order valence-corrected chi connectivity index (χ0v) is 7.52. The van der Waals surface area contributed by atoms with Crippen LogP contribution in [0.25, 0.3) is 0 Å². The minimum atomic E-state index is 0.658. The fourth-order valence-corrected chi connectivity index (χ4v) is 1.09. The number of nitrogens with two attached hydrogens (primary N) is 1. The van der Waals surface area contributed by atoms with Crippen LogP contribution >= 0.6 is 0 Å². The van der Waals surface area contributed by atoms with Crippen molar-refractivity contribution >= 4 is 5.82 Å². The van der Waals surface area contributed by atoms with Gasteiger partial charge in [-0.05, 0) is 44.4 Å². The molecule has 1 aromatic rings. The van der Waals surface area contributed by atoms with E-state index in [2.05, 4.69) is 18.8 Å². The molecule has 0 saturated heterocycles. The van der Waals surface area contributed by atoms with Gasteiger partial charge in [-0.3, -0.25) is 0 Å². The van der Waals surface area contributed by atoms with Gasteiger partial charge >= 0.3 is 0 Å². The molecule has 0 aliphatic heterocycles. The van der Waals surface area contributed by atoms with Crippen molar-refractivity contribution in [2.24, 2.45) is 0 Å². The maximum Gasteiger partial charge on any atom is 0.126 e. The van der Waals surface area contributed by atoms with Crippen LogP contribution in [-0.2, 0) is 0 Å². The van der Waals surface area contributed by atoms with Gasteiger partial charge in [0.1, 0.15) is 5.82 Å². The molecule has 1 rings (SSSR count). The Morgan fingerprint density at radius 1 is 0.909 bits per heavy atom. The van der Waals surface area contributed by atoms with Crippen molar-refractivity contribution in [3.63, 3.8) is 0 Å². The molecule has 0 saturated carbocycles. The summed E-state index contributed by atoms with van der Waals surface area (Å²) in [6.07, 6.45) is 0. The highest BCUT2D eigenvalue weighted by Gasteiger charge is 2.04. The van der Waals surface area contributed by atoms with Crippen molar-refractivity contribution in [1.29, 1.82) is 0 Å². The van der Waals surface area contributed by atoms with E-state index in [4.69, 9.17) is 5.73 Å². The van der Waals surface area contributed by atoms with Gasteiger partial charge in [0, 0.05) is 5.69 Å². The Bertz CT molecular complexity index is 264. The van der Waals surface area contributed by atoms with Gasteiger partial charge in [0.05, 0.1) is 0 Å². The third-order valence-electron chi connectivity index (χ3n) is 2.34. The van der Waals surface area contributed by atoms with E-state index in [1.54, 1.807) is 0 Å². The zero-order chi connectivity index (χ0) is 8.59. The summed E-state index contributed by atoms with van der Waals surface area (Å²) >= 11 is 0. The van der Waals surface area contributed by atoms with E-state index in [-0.39, 0.29) is 0 Å². The van der Waals surface area contributed by atoms with Crippen molar-refractivity contribution in [3.05, 3.63) is 22.4 Å². The first-order chi connectivity index (χ1) is 5.04. The van der Waals surface area contributed by atoms with Gasteiger partial charge in [0.25, 0.3) is 0 Å². The van der Waals surface area contributed by atoms with E-state index < -0.39 is 0 Å². The van der Waals surface area contributed by atoms with Crippen LogP contribution in [0.15, 0.2) is 0 Å². The summed E-state index contributed by atoms with van der Waals surface area (Å²) in [5.74, 6) is 0.658. The maximum atomic E-state index is 5.68. The lowest BCUT2D eigenvalue weighted by Crippen LogP contribution is -2.01. The lowest BCUT2D eigenvalue weighted by Gasteiger charge is -2.09. The second-order valence-corrected chi connectivity index (χ2v) is 2.96. The van der Waals surface area contributed by atoms with Gasteiger partial charge in [-0.25, -0.2) is 4.98 Å². The molecular formula is C9H14N2. The summed E-state index contributed by atoms with van der Waals surface area (Å²) in [7, 11) is 0. The lowest BCUT2D eigenvalue weighted by molar-refractivity contribution is 1.10. The van der Waals surface area contributed by atoms with Gasteiger partial charge < -0.3 is 5.73 Å². The second kappa shape index (κ2) is 2.53. The zero-order valence-electron chi connectivity index (χ0n) is 7.52. The predicted octanol–water partition coefficient (Wildman–Crippen LogP) is 1.90. The van der Waals surface area contributed by atoms with Crippen LogP contribution in [0.3, 0.4) is 0 Å².